The molecule has 0 saturated heterocycles. The van der Waals surface area contributed by atoms with E-state index in [9.17, 15) is 8.42 Å². The van der Waals surface area contributed by atoms with Crippen molar-refractivity contribution in [2.75, 3.05) is 4.72 Å². The zero-order chi connectivity index (χ0) is 14.3. The smallest absolute Gasteiger partial charge is 0.278 e. The molecular weight excluding hydrogens is 343 g/mol. The Balaban J connectivity index is 2.08. The largest absolute Gasteiger partial charge is 0.282 e. The first-order chi connectivity index (χ1) is 9.47. The fourth-order valence-electron chi connectivity index (χ4n) is 1.63. The summed E-state index contributed by atoms with van der Waals surface area (Å²) in [5.41, 5.74) is 0. The van der Waals surface area contributed by atoms with Crippen LogP contribution in [0.2, 0.25) is 10.3 Å². The lowest BCUT2D eigenvalue weighted by Gasteiger charge is -2.06. The number of rotatable bonds is 3. The van der Waals surface area contributed by atoms with E-state index in [0.717, 1.165) is 0 Å². The molecule has 0 aliphatic rings. The van der Waals surface area contributed by atoms with Gasteiger partial charge in [0.2, 0.25) is 0 Å². The monoisotopic (exact) mass is 348 g/mol. The molecule has 0 atom stereocenters. The third-order valence-electron chi connectivity index (χ3n) is 2.39. The van der Waals surface area contributed by atoms with Crippen LogP contribution in [0.4, 0.5) is 5.82 Å². The maximum atomic E-state index is 12.4. The molecule has 6 nitrogen and oxygen atoms in total. The molecule has 0 fully saturated rings. The molecule has 0 aromatic carbocycles. The highest BCUT2D eigenvalue weighted by Gasteiger charge is 2.25. The Morgan fingerprint density at radius 1 is 1.25 bits per heavy atom. The lowest BCUT2D eigenvalue weighted by Crippen LogP contribution is -2.16. The Labute approximate surface area is 128 Å². The Hall–Kier alpha value is -1.35. The van der Waals surface area contributed by atoms with Crippen molar-refractivity contribution in [3.63, 3.8) is 0 Å². The molecule has 0 amide bonds. The van der Waals surface area contributed by atoms with Crippen LogP contribution < -0.4 is 4.72 Å². The molecule has 3 aromatic rings. The van der Waals surface area contributed by atoms with Crippen LogP contribution in [-0.4, -0.2) is 22.8 Å². The Kier molecular flexibility index (Phi) is 3.33. The highest BCUT2D eigenvalue weighted by atomic mass is 35.5. The summed E-state index contributed by atoms with van der Waals surface area (Å²) in [4.78, 5) is 8.35. The summed E-state index contributed by atoms with van der Waals surface area (Å²) >= 11 is 12.9. The zero-order valence-corrected chi connectivity index (χ0v) is 12.8. The molecule has 0 radical (unpaired) electrons. The van der Waals surface area contributed by atoms with E-state index in [1.54, 1.807) is 23.7 Å². The highest BCUT2D eigenvalue weighted by molar-refractivity contribution is 7.92. The molecule has 0 unspecified atom stereocenters. The average Bonchev–Trinajstić information content (AvgIpc) is 2.87. The van der Waals surface area contributed by atoms with Gasteiger partial charge in [-0.3, -0.25) is 9.12 Å². The molecule has 0 aliphatic heterocycles. The molecule has 3 aromatic heterocycles. The van der Waals surface area contributed by atoms with Gasteiger partial charge in [-0.05, 0) is 12.1 Å². The Bertz CT molecular complexity index is 888. The van der Waals surface area contributed by atoms with Crippen LogP contribution in [0.25, 0.3) is 4.96 Å². The number of hydrogen-bond donors (Lipinski definition) is 1. The first kappa shape index (κ1) is 13.6. The third kappa shape index (κ3) is 2.35. The summed E-state index contributed by atoms with van der Waals surface area (Å²) in [6.07, 6.45) is 1.58. The second-order valence-electron chi connectivity index (χ2n) is 3.71. The third-order valence-corrected chi connectivity index (χ3v) is 5.11. The number of anilines is 1. The molecule has 3 heterocycles. The quantitative estimate of drug-likeness (QED) is 0.738. The number of thiazole rings is 1. The molecule has 10 heteroatoms. The number of aromatic nitrogens is 3. The lowest BCUT2D eigenvalue weighted by molar-refractivity contribution is 0.596. The number of halogens is 2. The second-order valence-corrected chi connectivity index (χ2v) is 6.93. The van der Waals surface area contributed by atoms with Crippen LogP contribution in [0.3, 0.4) is 0 Å². The lowest BCUT2D eigenvalue weighted by atomic mass is 10.5. The maximum absolute atomic E-state index is 12.4. The topological polar surface area (TPSA) is 76.4 Å². The van der Waals surface area contributed by atoms with Crippen molar-refractivity contribution < 1.29 is 8.42 Å². The summed E-state index contributed by atoms with van der Waals surface area (Å²) in [5, 5.41) is 1.68. The molecule has 20 heavy (non-hydrogen) atoms. The van der Waals surface area contributed by atoms with Crippen molar-refractivity contribution in [2.45, 2.75) is 5.03 Å². The number of pyridine rings is 1. The SMILES string of the molecule is O=S(=O)(Nc1cccc(Cl)n1)c1c(Cl)nc2sccn12. The van der Waals surface area contributed by atoms with Crippen LogP contribution in [-0.2, 0) is 10.0 Å². The minimum absolute atomic E-state index is 0.0913. The predicted octanol–water partition coefficient (Wildman–Crippen LogP) is 2.90. The zero-order valence-electron chi connectivity index (χ0n) is 9.62. The van der Waals surface area contributed by atoms with E-state index < -0.39 is 10.0 Å². The number of hydrogen-bond acceptors (Lipinski definition) is 5. The standard InChI is InChI=1S/C10H6Cl2N4O2S2/c11-6-2-1-3-7(13-6)15-20(17,18)9-8(12)14-10-16(9)4-5-19-10/h1-5H,(H,13,15). The number of nitrogens with one attached hydrogen (secondary N) is 1. The Morgan fingerprint density at radius 3 is 2.80 bits per heavy atom. The van der Waals surface area contributed by atoms with Gasteiger partial charge in [0.05, 0.1) is 0 Å². The van der Waals surface area contributed by atoms with Gasteiger partial charge in [-0.15, -0.1) is 11.3 Å². The predicted molar refractivity (Wildman–Crippen MR) is 78.1 cm³/mol. The van der Waals surface area contributed by atoms with Gasteiger partial charge in [0.1, 0.15) is 11.0 Å². The number of sulfonamides is 1. The molecule has 0 bridgehead atoms. The van der Waals surface area contributed by atoms with Crippen LogP contribution >= 0.6 is 34.5 Å². The second kappa shape index (κ2) is 4.88. The van der Waals surface area contributed by atoms with Gasteiger partial charge in [-0.1, -0.05) is 29.3 Å². The van der Waals surface area contributed by atoms with Crippen molar-refractivity contribution in [2.24, 2.45) is 0 Å². The number of fused-ring (bicyclic) bond motifs is 1. The molecule has 104 valence electrons. The van der Waals surface area contributed by atoms with Crippen LogP contribution in [0.1, 0.15) is 0 Å². The molecule has 3 rings (SSSR count). The molecular formula is C10H6Cl2N4O2S2. The average molecular weight is 349 g/mol. The maximum Gasteiger partial charge on any atom is 0.282 e. The van der Waals surface area contributed by atoms with Crippen molar-refractivity contribution >= 4 is 55.3 Å². The van der Waals surface area contributed by atoms with E-state index >= 15 is 0 Å². The van der Waals surface area contributed by atoms with E-state index in [-0.39, 0.29) is 21.2 Å². The molecule has 1 N–H and O–H groups in total. The van der Waals surface area contributed by atoms with Crippen molar-refractivity contribution in [3.8, 4) is 0 Å². The molecule has 0 saturated carbocycles. The normalized spacial score (nSPS) is 11.9. The van der Waals surface area contributed by atoms with Crippen molar-refractivity contribution in [1.29, 1.82) is 0 Å². The van der Waals surface area contributed by atoms with Gasteiger partial charge >= 0.3 is 0 Å². The minimum Gasteiger partial charge on any atom is -0.278 e. The summed E-state index contributed by atoms with van der Waals surface area (Å²) in [6.45, 7) is 0. The van der Waals surface area contributed by atoms with E-state index in [2.05, 4.69) is 14.7 Å². The van der Waals surface area contributed by atoms with Crippen molar-refractivity contribution in [3.05, 3.63) is 40.1 Å². The van der Waals surface area contributed by atoms with Gasteiger partial charge in [0.15, 0.2) is 15.1 Å². The van der Waals surface area contributed by atoms with Gasteiger partial charge < -0.3 is 0 Å². The van der Waals surface area contributed by atoms with E-state index in [1.807, 2.05) is 0 Å². The van der Waals surface area contributed by atoms with Crippen molar-refractivity contribution in [1.82, 2.24) is 14.4 Å². The summed E-state index contributed by atoms with van der Waals surface area (Å²) in [6, 6.07) is 4.62. The highest BCUT2D eigenvalue weighted by Crippen LogP contribution is 2.26. The first-order valence-electron chi connectivity index (χ1n) is 5.24. The Morgan fingerprint density at radius 2 is 2.05 bits per heavy atom. The summed E-state index contributed by atoms with van der Waals surface area (Å²) in [7, 11) is -3.91. The van der Waals surface area contributed by atoms with Gasteiger partial charge in [0.25, 0.3) is 10.0 Å². The number of imidazole rings is 1. The number of nitrogens with zero attached hydrogens (tertiary/aromatic N) is 3. The van der Waals surface area contributed by atoms with Gasteiger partial charge in [0, 0.05) is 11.6 Å². The molecule has 0 spiro atoms. The van der Waals surface area contributed by atoms with Gasteiger partial charge in [-0.25, -0.2) is 9.97 Å². The van der Waals surface area contributed by atoms with Gasteiger partial charge in [-0.2, -0.15) is 8.42 Å². The summed E-state index contributed by atoms with van der Waals surface area (Å²) in [5.74, 6) is 0.110. The van der Waals surface area contributed by atoms with Crippen LogP contribution in [0.15, 0.2) is 34.8 Å². The molecule has 0 aliphatic carbocycles. The first-order valence-corrected chi connectivity index (χ1v) is 8.36. The van der Waals surface area contributed by atoms with E-state index in [4.69, 9.17) is 23.2 Å². The van der Waals surface area contributed by atoms with E-state index in [0.29, 0.717) is 4.96 Å². The fraction of sp³-hybridized carbons (Fsp3) is 0. The fourth-order valence-corrected chi connectivity index (χ4v) is 4.25. The van der Waals surface area contributed by atoms with Crippen LogP contribution in [0, 0.1) is 0 Å². The summed E-state index contributed by atoms with van der Waals surface area (Å²) < 4.78 is 28.5. The van der Waals surface area contributed by atoms with E-state index in [1.165, 1.54) is 21.8 Å². The van der Waals surface area contributed by atoms with Crippen LogP contribution in [0.5, 0.6) is 0 Å². The minimum atomic E-state index is -3.91.